The van der Waals surface area contributed by atoms with Crippen molar-refractivity contribution >= 4 is 28.6 Å². The van der Waals surface area contributed by atoms with Crippen LogP contribution in [0.1, 0.15) is 5.82 Å². The lowest BCUT2D eigenvalue weighted by atomic mass is 10.2. The number of nitrogens with zero attached hydrogens (tertiary/aromatic N) is 3. The average molecular weight is 211 g/mol. The van der Waals surface area contributed by atoms with E-state index in [1.807, 2.05) is 30.3 Å². The minimum absolute atomic E-state index is 0.354. The van der Waals surface area contributed by atoms with Crippen LogP contribution in [0.3, 0.4) is 0 Å². The van der Waals surface area contributed by atoms with Gasteiger partial charge in [0, 0.05) is 5.39 Å². The Morgan fingerprint density at radius 3 is 2.93 bits per heavy atom. The standard InChI is InChI=1S/C11H5N3S/c12-6-9-13-8-3-1-2-7-4-5-10(15)14(9)11(7)8/h1-5H. The van der Waals surface area contributed by atoms with Gasteiger partial charge in [-0.15, -0.1) is 0 Å². The maximum Gasteiger partial charge on any atom is 0.219 e. The second kappa shape index (κ2) is 2.75. The predicted molar refractivity (Wildman–Crippen MR) is 59.4 cm³/mol. The second-order valence-electron chi connectivity index (χ2n) is 3.27. The number of hydrogen-bond acceptors (Lipinski definition) is 3. The summed E-state index contributed by atoms with van der Waals surface area (Å²) >= 11 is 5.19. The van der Waals surface area contributed by atoms with Gasteiger partial charge in [0.2, 0.25) is 5.82 Å². The van der Waals surface area contributed by atoms with E-state index in [0.717, 1.165) is 16.4 Å². The number of para-hydroxylation sites is 1. The quantitative estimate of drug-likeness (QED) is 0.536. The molecule has 4 heteroatoms. The first kappa shape index (κ1) is 8.33. The molecule has 0 radical (unpaired) electrons. The van der Waals surface area contributed by atoms with Gasteiger partial charge in [-0.1, -0.05) is 24.4 Å². The molecule has 0 saturated carbocycles. The fourth-order valence-corrected chi connectivity index (χ4v) is 2.06. The smallest absolute Gasteiger partial charge is 0.219 e. The number of hydrogen-bond donors (Lipinski definition) is 0. The van der Waals surface area contributed by atoms with Crippen molar-refractivity contribution < 1.29 is 0 Å². The van der Waals surface area contributed by atoms with Gasteiger partial charge in [0.05, 0.1) is 11.0 Å². The van der Waals surface area contributed by atoms with Gasteiger partial charge in [-0.05, 0) is 18.2 Å². The Kier molecular flexibility index (Phi) is 1.53. The molecule has 0 aliphatic rings. The normalized spacial score (nSPS) is 10.9. The van der Waals surface area contributed by atoms with Crippen molar-refractivity contribution in [3.05, 3.63) is 40.8 Å². The monoisotopic (exact) mass is 211 g/mol. The third-order valence-corrected chi connectivity index (χ3v) is 2.75. The van der Waals surface area contributed by atoms with Gasteiger partial charge >= 0.3 is 0 Å². The van der Waals surface area contributed by atoms with Crippen LogP contribution in [-0.4, -0.2) is 9.38 Å². The van der Waals surface area contributed by atoms with Gasteiger partial charge in [0.25, 0.3) is 0 Å². The maximum absolute atomic E-state index is 8.97. The summed E-state index contributed by atoms with van der Waals surface area (Å²) in [7, 11) is 0. The summed E-state index contributed by atoms with van der Waals surface area (Å²) in [6, 6.07) is 11.6. The molecule has 0 amide bonds. The minimum Gasteiger partial charge on any atom is -0.274 e. The van der Waals surface area contributed by atoms with Gasteiger partial charge in [-0.25, -0.2) is 4.98 Å². The molecule has 0 atom stereocenters. The van der Waals surface area contributed by atoms with E-state index >= 15 is 0 Å². The van der Waals surface area contributed by atoms with Crippen molar-refractivity contribution in [2.45, 2.75) is 0 Å². The van der Waals surface area contributed by atoms with Gasteiger partial charge < -0.3 is 0 Å². The number of aromatic nitrogens is 2. The summed E-state index contributed by atoms with van der Waals surface area (Å²) in [6.07, 6.45) is 0. The van der Waals surface area contributed by atoms with E-state index in [0.29, 0.717) is 10.5 Å². The molecular formula is C11H5N3S. The Labute approximate surface area is 90.6 Å². The lowest BCUT2D eigenvalue weighted by molar-refractivity contribution is 1.09. The summed E-state index contributed by atoms with van der Waals surface area (Å²) in [4.78, 5) is 4.23. The molecule has 0 aliphatic carbocycles. The van der Waals surface area contributed by atoms with Crippen LogP contribution in [0.4, 0.5) is 0 Å². The number of benzene rings is 1. The van der Waals surface area contributed by atoms with Crippen LogP contribution in [0, 0.1) is 16.0 Å². The predicted octanol–water partition coefficient (Wildman–Crippen LogP) is 2.53. The maximum atomic E-state index is 8.97. The van der Waals surface area contributed by atoms with Gasteiger partial charge in [0.1, 0.15) is 10.7 Å². The van der Waals surface area contributed by atoms with Crippen molar-refractivity contribution in [3.63, 3.8) is 0 Å². The molecular weight excluding hydrogens is 206 g/mol. The molecule has 0 spiro atoms. The first-order chi connectivity index (χ1) is 7.31. The largest absolute Gasteiger partial charge is 0.274 e. The Morgan fingerprint density at radius 1 is 1.27 bits per heavy atom. The number of imidazole rings is 1. The molecule has 3 rings (SSSR count). The lowest BCUT2D eigenvalue weighted by Gasteiger charge is -1.98. The molecule has 0 N–H and O–H groups in total. The first-order valence-electron chi connectivity index (χ1n) is 4.45. The lowest BCUT2D eigenvalue weighted by Crippen LogP contribution is -1.90. The molecule has 3 nitrogen and oxygen atoms in total. The topological polar surface area (TPSA) is 41.1 Å². The van der Waals surface area contributed by atoms with Crippen molar-refractivity contribution in [3.8, 4) is 6.07 Å². The van der Waals surface area contributed by atoms with Gasteiger partial charge in [-0.3, -0.25) is 4.40 Å². The molecule has 2 aromatic heterocycles. The Hall–Kier alpha value is -1.99. The molecule has 0 bridgehead atoms. The van der Waals surface area contributed by atoms with Gasteiger partial charge in [0.15, 0.2) is 0 Å². The highest BCUT2D eigenvalue weighted by Crippen LogP contribution is 2.21. The molecule has 70 valence electrons. The van der Waals surface area contributed by atoms with E-state index in [1.165, 1.54) is 0 Å². The molecule has 1 aromatic carbocycles. The fraction of sp³-hybridized carbons (Fsp3) is 0. The van der Waals surface area contributed by atoms with Crippen LogP contribution >= 0.6 is 12.2 Å². The molecule has 0 saturated heterocycles. The van der Waals surface area contributed by atoms with Crippen LogP contribution in [0.15, 0.2) is 30.3 Å². The van der Waals surface area contributed by atoms with Crippen LogP contribution in [0.2, 0.25) is 0 Å². The third-order valence-electron chi connectivity index (χ3n) is 2.43. The van der Waals surface area contributed by atoms with E-state index in [9.17, 15) is 0 Å². The second-order valence-corrected chi connectivity index (χ2v) is 3.69. The van der Waals surface area contributed by atoms with Crippen LogP contribution in [0.5, 0.6) is 0 Å². The van der Waals surface area contributed by atoms with E-state index < -0.39 is 0 Å². The van der Waals surface area contributed by atoms with Gasteiger partial charge in [-0.2, -0.15) is 5.26 Å². The zero-order chi connectivity index (χ0) is 10.4. The highest BCUT2D eigenvalue weighted by atomic mass is 32.1. The molecule has 2 heterocycles. The number of rotatable bonds is 0. The van der Waals surface area contributed by atoms with Crippen LogP contribution in [0.25, 0.3) is 16.4 Å². The summed E-state index contributed by atoms with van der Waals surface area (Å²) in [5.74, 6) is 0.354. The minimum atomic E-state index is 0.354. The third kappa shape index (κ3) is 0.982. The molecule has 15 heavy (non-hydrogen) atoms. The average Bonchev–Trinajstić information content (AvgIpc) is 2.64. The van der Waals surface area contributed by atoms with E-state index in [1.54, 1.807) is 4.40 Å². The summed E-state index contributed by atoms with van der Waals surface area (Å²) in [5, 5.41) is 10.0. The van der Waals surface area contributed by atoms with Crippen molar-refractivity contribution in [1.29, 1.82) is 5.26 Å². The van der Waals surface area contributed by atoms with E-state index in [-0.39, 0.29) is 0 Å². The van der Waals surface area contributed by atoms with E-state index in [4.69, 9.17) is 17.5 Å². The summed E-state index contributed by atoms with van der Waals surface area (Å²) in [5.41, 5.74) is 1.75. The highest BCUT2D eigenvalue weighted by molar-refractivity contribution is 7.71. The Morgan fingerprint density at radius 2 is 2.13 bits per heavy atom. The molecule has 0 aliphatic heterocycles. The zero-order valence-corrected chi connectivity index (χ0v) is 8.45. The number of pyridine rings is 1. The zero-order valence-electron chi connectivity index (χ0n) is 7.64. The van der Waals surface area contributed by atoms with Crippen molar-refractivity contribution in [1.82, 2.24) is 9.38 Å². The van der Waals surface area contributed by atoms with Crippen molar-refractivity contribution in [2.75, 3.05) is 0 Å². The molecule has 3 aromatic rings. The first-order valence-corrected chi connectivity index (χ1v) is 4.86. The van der Waals surface area contributed by atoms with Crippen LogP contribution in [-0.2, 0) is 0 Å². The Balaban J connectivity index is 2.78. The van der Waals surface area contributed by atoms with E-state index in [2.05, 4.69) is 11.1 Å². The number of nitriles is 1. The fourth-order valence-electron chi connectivity index (χ4n) is 1.81. The summed E-state index contributed by atoms with van der Waals surface area (Å²) in [6.45, 7) is 0. The molecule has 0 fully saturated rings. The summed E-state index contributed by atoms with van der Waals surface area (Å²) < 4.78 is 2.34. The Bertz CT molecular complexity index is 751. The molecule has 0 unspecified atom stereocenters. The van der Waals surface area contributed by atoms with Crippen molar-refractivity contribution in [2.24, 2.45) is 0 Å². The van der Waals surface area contributed by atoms with Crippen LogP contribution < -0.4 is 0 Å². The SMILES string of the molecule is N#Cc1nc2cccc3ccc(=S)n1c32. The highest BCUT2D eigenvalue weighted by Gasteiger charge is 2.09.